The Balaban J connectivity index is 1.43. The standard InChI is InChI=1S/C19H23N3OS/c23-18(21-15-4-2-1-3-5-15)14-6-7-16-17(12-14)24-19(22-16)13-8-10-20-11-9-13/h8-11,14-15H,1-7,12H2,(H,21,23). The van der Waals surface area contributed by atoms with Crippen LogP contribution in [0.5, 0.6) is 0 Å². The fourth-order valence-corrected chi connectivity index (χ4v) is 4.98. The summed E-state index contributed by atoms with van der Waals surface area (Å²) in [5.41, 5.74) is 2.31. The van der Waals surface area contributed by atoms with E-state index in [9.17, 15) is 4.79 Å². The van der Waals surface area contributed by atoms with E-state index >= 15 is 0 Å². The Kier molecular flexibility index (Phi) is 4.60. The molecule has 0 aromatic carbocycles. The van der Waals surface area contributed by atoms with Crippen molar-refractivity contribution in [3.05, 3.63) is 35.1 Å². The number of thiazole rings is 1. The van der Waals surface area contributed by atoms with Crippen molar-refractivity contribution in [2.75, 3.05) is 0 Å². The zero-order chi connectivity index (χ0) is 16.4. The van der Waals surface area contributed by atoms with Crippen molar-refractivity contribution in [2.45, 2.75) is 57.4 Å². The van der Waals surface area contributed by atoms with Crippen LogP contribution in [0.15, 0.2) is 24.5 Å². The minimum Gasteiger partial charge on any atom is -0.353 e. The van der Waals surface area contributed by atoms with Crippen molar-refractivity contribution in [1.82, 2.24) is 15.3 Å². The number of carbonyl (C=O) groups is 1. The van der Waals surface area contributed by atoms with Gasteiger partial charge in [0.1, 0.15) is 5.01 Å². The molecule has 1 N–H and O–H groups in total. The van der Waals surface area contributed by atoms with Crippen LogP contribution >= 0.6 is 11.3 Å². The van der Waals surface area contributed by atoms with Crippen LogP contribution in [0.25, 0.3) is 10.6 Å². The summed E-state index contributed by atoms with van der Waals surface area (Å²) in [5, 5.41) is 4.35. The third kappa shape index (κ3) is 3.36. The van der Waals surface area contributed by atoms with Crippen molar-refractivity contribution in [3.63, 3.8) is 0 Å². The molecule has 0 radical (unpaired) electrons. The minimum absolute atomic E-state index is 0.116. The first-order valence-electron chi connectivity index (χ1n) is 8.99. The second kappa shape index (κ2) is 7.01. The number of nitrogens with one attached hydrogen (secondary N) is 1. The van der Waals surface area contributed by atoms with E-state index in [1.165, 1.54) is 29.8 Å². The molecule has 0 saturated heterocycles. The van der Waals surface area contributed by atoms with Crippen molar-refractivity contribution < 1.29 is 4.79 Å². The lowest BCUT2D eigenvalue weighted by atomic mass is 9.89. The third-order valence-electron chi connectivity index (χ3n) is 5.19. The number of aryl methyl sites for hydroxylation is 1. The highest BCUT2D eigenvalue weighted by atomic mass is 32.1. The summed E-state index contributed by atoms with van der Waals surface area (Å²) in [7, 11) is 0. The first kappa shape index (κ1) is 15.8. The minimum atomic E-state index is 0.116. The Bertz CT molecular complexity index is 707. The predicted octanol–water partition coefficient (Wildman–Crippen LogP) is 3.76. The molecule has 1 unspecified atom stereocenters. The maximum Gasteiger partial charge on any atom is 0.223 e. The highest BCUT2D eigenvalue weighted by Gasteiger charge is 2.29. The number of aromatic nitrogens is 2. The highest BCUT2D eigenvalue weighted by molar-refractivity contribution is 7.15. The number of hydrogen-bond donors (Lipinski definition) is 1. The fourth-order valence-electron chi connectivity index (χ4n) is 3.78. The zero-order valence-corrected chi connectivity index (χ0v) is 14.6. The Hall–Kier alpha value is -1.75. The second-order valence-corrected chi connectivity index (χ2v) is 7.99. The van der Waals surface area contributed by atoms with Gasteiger partial charge in [0.2, 0.25) is 5.91 Å². The maximum atomic E-state index is 12.6. The van der Waals surface area contributed by atoms with E-state index in [0.29, 0.717) is 6.04 Å². The van der Waals surface area contributed by atoms with E-state index in [-0.39, 0.29) is 11.8 Å². The van der Waals surface area contributed by atoms with Crippen LogP contribution in [0.3, 0.4) is 0 Å². The van der Waals surface area contributed by atoms with Crippen LogP contribution in [-0.4, -0.2) is 21.9 Å². The monoisotopic (exact) mass is 341 g/mol. The van der Waals surface area contributed by atoms with Gasteiger partial charge >= 0.3 is 0 Å². The van der Waals surface area contributed by atoms with Crippen LogP contribution < -0.4 is 5.32 Å². The summed E-state index contributed by atoms with van der Waals surface area (Å²) in [4.78, 5) is 22.8. The van der Waals surface area contributed by atoms with Gasteiger partial charge in [-0.3, -0.25) is 9.78 Å². The molecule has 2 aliphatic carbocycles. The summed E-state index contributed by atoms with van der Waals surface area (Å²) in [6, 6.07) is 4.40. The van der Waals surface area contributed by atoms with Crippen LogP contribution in [0, 0.1) is 5.92 Å². The molecule has 24 heavy (non-hydrogen) atoms. The van der Waals surface area contributed by atoms with Gasteiger partial charge < -0.3 is 5.32 Å². The average molecular weight is 341 g/mol. The van der Waals surface area contributed by atoms with Crippen molar-refractivity contribution in [1.29, 1.82) is 0 Å². The molecule has 2 aromatic rings. The lowest BCUT2D eigenvalue weighted by Gasteiger charge is -2.26. The lowest BCUT2D eigenvalue weighted by molar-refractivity contribution is -0.126. The zero-order valence-electron chi connectivity index (χ0n) is 13.8. The highest BCUT2D eigenvalue weighted by Crippen LogP contribution is 2.34. The SMILES string of the molecule is O=C(NC1CCCCC1)C1CCc2nc(-c3ccncc3)sc2C1. The molecule has 0 spiro atoms. The molecular weight excluding hydrogens is 318 g/mol. The molecule has 0 aliphatic heterocycles. The quantitative estimate of drug-likeness (QED) is 0.925. The molecule has 5 heteroatoms. The van der Waals surface area contributed by atoms with Gasteiger partial charge in [-0.1, -0.05) is 19.3 Å². The van der Waals surface area contributed by atoms with Crippen molar-refractivity contribution in [3.8, 4) is 10.6 Å². The molecule has 1 atom stereocenters. The fraction of sp³-hybridized carbons (Fsp3) is 0.526. The molecule has 0 bridgehead atoms. The van der Waals surface area contributed by atoms with Crippen LogP contribution in [0.1, 0.15) is 49.1 Å². The van der Waals surface area contributed by atoms with E-state index in [2.05, 4.69) is 10.3 Å². The molecule has 2 heterocycles. The number of fused-ring (bicyclic) bond motifs is 1. The topological polar surface area (TPSA) is 54.9 Å². The van der Waals surface area contributed by atoms with Crippen LogP contribution in [0.4, 0.5) is 0 Å². The summed E-state index contributed by atoms with van der Waals surface area (Å²) < 4.78 is 0. The Morgan fingerprint density at radius 2 is 1.92 bits per heavy atom. The predicted molar refractivity (Wildman–Crippen MR) is 95.9 cm³/mol. The van der Waals surface area contributed by atoms with E-state index in [4.69, 9.17) is 4.98 Å². The van der Waals surface area contributed by atoms with E-state index in [1.54, 1.807) is 23.7 Å². The van der Waals surface area contributed by atoms with Gasteiger partial charge in [-0.2, -0.15) is 0 Å². The Labute approximate surface area is 146 Å². The maximum absolute atomic E-state index is 12.6. The Morgan fingerprint density at radius 1 is 1.12 bits per heavy atom. The van der Waals surface area contributed by atoms with E-state index < -0.39 is 0 Å². The van der Waals surface area contributed by atoms with E-state index in [0.717, 1.165) is 42.7 Å². The number of hydrogen-bond acceptors (Lipinski definition) is 4. The number of carbonyl (C=O) groups excluding carboxylic acids is 1. The number of amides is 1. The van der Waals surface area contributed by atoms with Crippen LogP contribution in [-0.2, 0) is 17.6 Å². The molecule has 2 aromatic heterocycles. The second-order valence-electron chi connectivity index (χ2n) is 6.91. The molecule has 4 rings (SSSR count). The van der Waals surface area contributed by atoms with Gasteiger partial charge in [-0.05, 0) is 44.2 Å². The molecule has 2 aliphatic rings. The first-order chi connectivity index (χ1) is 11.8. The summed E-state index contributed by atoms with van der Waals surface area (Å²) in [6.07, 6.45) is 12.4. The number of pyridine rings is 1. The average Bonchev–Trinajstić information content (AvgIpc) is 3.06. The van der Waals surface area contributed by atoms with Gasteiger partial charge in [0.05, 0.1) is 5.69 Å². The summed E-state index contributed by atoms with van der Waals surface area (Å²) in [6.45, 7) is 0. The van der Waals surface area contributed by atoms with Crippen LogP contribution in [0.2, 0.25) is 0 Å². The first-order valence-corrected chi connectivity index (χ1v) is 9.80. The smallest absolute Gasteiger partial charge is 0.223 e. The number of nitrogens with zero attached hydrogens (tertiary/aromatic N) is 2. The largest absolute Gasteiger partial charge is 0.353 e. The summed E-state index contributed by atoms with van der Waals surface area (Å²) in [5.74, 6) is 0.372. The Morgan fingerprint density at radius 3 is 2.71 bits per heavy atom. The normalized spacial score (nSPS) is 21.2. The third-order valence-corrected chi connectivity index (χ3v) is 6.36. The molecule has 1 amide bonds. The van der Waals surface area contributed by atoms with Gasteiger partial charge in [0.25, 0.3) is 0 Å². The molecular formula is C19H23N3OS. The van der Waals surface area contributed by atoms with Gasteiger partial charge in [-0.15, -0.1) is 11.3 Å². The lowest BCUT2D eigenvalue weighted by Crippen LogP contribution is -2.41. The van der Waals surface area contributed by atoms with Crippen molar-refractivity contribution >= 4 is 17.2 Å². The van der Waals surface area contributed by atoms with Gasteiger partial charge in [0.15, 0.2) is 0 Å². The molecule has 1 fully saturated rings. The molecule has 4 nitrogen and oxygen atoms in total. The van der Waals surface area contributed by atoms with Crippen molar-refractivity contribution in [2.24, 2.45) is 5.92 Å². The van der Waals surface area contributed by atoms with Gasteiger partial charge in [-0.25, -0.2) is 4.98 Å². The van der Waals surface area contributed by atoms with Gasteiger partial charge in [0, 0.05) is 34.8 Å². The molecule has 1 saturated carbocycles. The summed E-state index contributed by atoms with van der Waals surface area (Å²) >= 11 is 1.74. The van der Waals surface area contributed by atoms with E-state index in [1.807, 2.05) is 12.1 Å². The number of rotatable bonds is 3. The molecule has 126 valence electrons.